The van der Waals surface area contributed by atoms with Crippen molar-refractivity contribution in [3.8, 4) is 29.0 Å². The van der Waals surface area contributed by atoms with Gasteiger partial charge in [0, 0.05) is 42.4 Å². The van der Waals surface area contributed by atoms with E-state index in [1.807, 2.05) is 6.07 Å². The number of nitrogens with two attached hydrogens (primary N) is 1. The first-order valence-corrected chi connectivity index (χ1v) is 18.4. The number of nitrogens with zero attached hydrogens (tertiary/aromatic N) is 5. The summed E-state index contributed by atoms with van der Waals surface area (Å²) in [4.78, 5) is 14.5. The predicted octanol–water partition coefficient (Wildman–Crippen LogP) is 8.30. The second kappa shape index (κ2) is 11.9. The van der Waals surface area contributed by atoms with Crippen molar-refractivity contribution in [1.82, 2.24) is 14.9 Å². The van der Waals surface area contributed by atoms with Gasteiger partial charge in [-0.2, -0.15) is 15.2 Å². The minimum absolute atomic E-state index is 0.00274. The average molecular weight is 713 g/mol. The number of hydrogen-bond donors (Lipinski definition) is 1. The normalized spacial score (nSPS) is 24.5. The number of ether oxygens (including phenoxy) is 2. The molecule has 256 valence electrons. The van der Waals surface area contributed by atoms with Gasteiger partial charge in [0.25, 0.3) is 0 Å². The second-order valence-electron chi connectivity index (χ2n) is 14.3. The van der Waals surface area contributed by atoms with E-state index in [9.17, 15) is 5.26 Å². The van der Waals surface area contributed by atoms with Gasteiger partial charge in [-0.15, -0.1) is 11.3 Å². The summed E-state index contributed by atoms with van der Waals surface area (Å²) >= 11 is 8.10. The van der Waals surface area contributed by atoms with Crippen LogP contribution in [0.15, 0.2) is 42.5 Å². The highest BCUT2D eigenvalue weighted by Gasteiger charge is 2.48. The first kappa shape index (κ1) is 31.7. The van der Waals surface area contributed by atoms with Gasteiger partial charge in [-0.25, -0.2) is 8.78 Å². The highest BCUT2D eigenvalue weighted by molar-refractivity contribution is 7.23. The Morgan fingerprint density at radius 1 is 1.16 bits per heavy atom. The molecular formula is C38H35ClF2N6O2S. The lowest BCUT2D eigenvalue weighted by molar-refractivity contribution is 0.107. The molecule has 9 rings (SSSR count). The van der Waals surface area contributed by atoms with Crippen LogP contribution in [0.3, 0.4) is 0 Å². The predicted molar refractivity (Wildman–Crippen MR) is 192 cm³/mol. The largest absolute Gasteiger partial charge is 0.491 e. The molecule has 4 atom stereocenters. The van der Waals surface area contributed by atoms with Gasteiger partial charge < -0.3 is 20.1 Å². The third kappa shape index (κ3) is 4.83. The number of fused-ring (bicyclic) bond motifs is 4. The number of anilines is 2. The van der Waals surface area contributed by atoms with Gasteiger partial charge in [-0.1, -0.05) is 54.9 Å². The van der Waals surface area contributed by atoms with E-state index in [0.717, 1.165) is 50.1 Å². The third-order valence-corrected chi connectivity index (χ3v) is 12.7. The zero-order chi connectivity index (χ0) is 34.3. The maximum Gasteiger partial charge on any atom is 0.319 e. The first-order valence-electron chi connectivity index (χ1n) is 17.2. The number of nitrogen functional groups attached to an aromatic ring is 1. The first-order chi connectivity index (χ1) is 24.3. The number of benzene rings is 3. The fourth-order valence-electron chi connectivity index (χ4n) is 9.12. The van der Waals surface area contributed by atoms with Gasteiger partial charge in [0.05, 0.1) is 32.8 Å². The molecule has 0 amide bonds. The number of thiophene rings is 1. The quantitative estimate of drug-likeness (QED) is 0.194. The molecule has 0 radical (unpaired) electrons. The van der Waals surface area contributed by atoms with Crippen LogP contribution in [0.4, 0.5) is 19.6 Å². The summed E-state index contributed by atoms with van der Waals surface area (Å²) < 4.78 is 45.6. The van der Waals surface area contributed by atoms with Gasteiger partial charge in [-0.3, -0.25) is 4.90 Å². The molecule has 0 saturated carbocycles. The molecule has 2 N–H and O–H groups in total. The summed E-state index contributed by atoms with van der Waals surface area (Å²) in [5.41, 5.74) is 7.58. The lowest BCUT2D eigenvalue weighted by atomic mass is 9.92. The minimum atomic E-state index is -0.724. The van der Waals surface area contributed by atoms with Crippen LogP contribution in [0.2, 0.25) is 5.02 Å². The molecule has 3 saturated heterocycles. The summed E-state index contributed by atoms with van der Waals surface area (Å²) in [7, 11) is 0. The Hall–Kier alpha value is -4.24. The highest BCUT2D eigenvalue weighted by Crippen LogP contribution is 2.52. The third-order valence-electron chi connectivity index (χ3n) is 11.3. The molecular weight excluding hydrogens is 678 g/mol. The number of aromatic nitrogens is 2. The van der Waals surface area contributed by atoms with Gasteiger partial charge in [-0.05, 0) is 55.3 Å². The van der Waals surface area contributed by atoms with Crippen molar-refractivity contribution in [2.24, 2.45) is 5.92 Å². The Labute approximate surface area is 297 Å². The smallest absolute Gasteiger partial charge is 0.319 e. The van der Waals surface area contributed by atoms with Crippen molar-refractivity contribution in [1.29, 1.82) is 5.26 Å². The van der Waals surface area contributed by atoms with Crippen molar-refractivity contribution >= 4 is 54.7 Å². The van der Waals surface area contributed by atoms with Crippen LogP contribution in [-0.4, -0.2) is 59.3 Å². The molecule has 4 aliphatic rings. The number of halogens is 3. The van der Waals surface area contributed by atoms with E-state index < -0.39 is 11.6 Å². The monoisotopic (exact) mass is 712 g/mol. The maximum atomic E-state index is 17.4. The van der Waals surface area contributed by atoms with Crippen molar-refractivity contribution in [2.45, 2.75) is 56.5 Å². The molecule has 5 aromatic rings. The Bertz CT molecular complexity index is 2230. The second-order valence-corrected chi connectivity index (χ2v) is 15.7. The molecule has 6 heterocycles. The van der Waals surface area contributed by atoms with Gasteiger partial charge in [0.15, 0.2) is 11.6 Å². The van der Waals surface area contributed by atoms with Crippen molar-refractivity contribution in [3.05, 3.63) is 70.2 Å². The van der Waals surface area contributed by atoms with E-state index in [2.05, 4.69) is 47.1 Å². The highest BCUT2D eigenvalue weighted by atomic mass is 35.5. The molecule has 0 aliphatic carbocycles. The van der Waals surface area contributed by atoms with E-state index in [1.54, 1.807) is 0 Å². The van der Waals surface area contributed by atoms with Crippen LogP contribution in [0.5, 0.6) is 11.8 Å². The van der Waals surface area contributed by atoms with Crippen LogP contribution in [0.25, 0.3) is 32.1 Å². The van der Waals surface area contributed by atoms with E-state index >= 15 is 8.78 Å². The van der Waals surface area contributed by atoms with Gasteiger partial charge in [0.1, 0.15) is 34.8 Å². The fourth-order valence-corrected chi connectivity index (χ4v) is 10.4. The number of nitriles is 1. The number of hydrogen-bond acceptors (Lipinski definition) is 9. The van der Waals surface area contributed by atoms with Crippen LogP contribution >= 0.6 is 22.9 Å². The van der Waals surface area contributed by atoms with Crippen molar-refractivity contribution in [3.63, 3.8) is 0 Å². The molecule has 0 bridgehead atoms. The molecule has 4 aliphatic heterocycles. The van der Waals surface area contributed by atoms with Crippen LogP contribution in [0, 0.1) is 28.9 Å². The van der Waals surface area contributed by atoms with Crippen LogP contribution in [-0.2, 0) is 0 Å². The lowest BCUT2D eigenvalue weighted by Crippen LogP contribution is -2.43. The van der Waals surface area contributed by atoms with E-state index in [4.69, 9.17) is 36.8 Å². The SMILES string of the molecule is C[C@H]1CN2CCC[C@@]2(COc2nc3c4c(c(Cl)c(-c5ccc(F)c6sc(N)c(C#N)c56)c(F)c4n2)OCCC2CC(c4ccccc4)CN32)C1. The average Bonchev–Trinajstić information content (AvgIpc) is 3.86. The summed E-state index contributed by atoms with van der Waals surface area (Å²) in [5, 5.41) is 10.7. The summed E-state index contributed by atoms with van der Waals surface area (Å²) in [6, 6.07) is 15.4. The maximum absolute atomic E-state index is 17.4. The van der Waals surface area contributed by atoms with Gasteiger partial charge >= 0.3 is 6.01 Å². The molecule has 8 nitrogen and oxygen atoms in total. The molecule has 12 heteroatoms. The summed E-state index contributed by atoms with van der Waals surface area (Å²) in [6.45, 7) is 5.76. The van der Waals surface area contributed by atoms with E-state index in [0.29, 0.717) is 43.3 Å². The van der Waals surface area contributed by atoms with Gasteiger partial charge in [0.2, 0.25) is 0 Å². The van der Waals surface area contributed by atoms with E-state index in [-0.39, 0.29) is 71.6 Å². The number of rotatable bonds is 5. The topological polar surface area (TPSA) is 101 Å². The minimum Gasteiger partial charge on any atom is -0.491 e. The summed E-state index contributed by atoms with van der Waals surface area (Å²) in [5.74, 6) is 0.300. The zero-order valence-corrected chi connectivity index (χ0v) is 29.1. The standard InChI is InChI=1S/C38H35ClF2N6O2S/c1-20-15-38(11-5-12-46(38)17-20)19-49-37-44-32-29-33(48-13-10-23-14-22(18-47(23)36(29)45-37)21-6-3-2-4-7-21)30(39)28(31(32)41)24-8-9-26(40)34-27(24)25(16-42)35(43)50-34/h2-4,6-9,20,22-23H,5,10-15,17-19,43H2,1H3/t20-,22?,23?,38+/m1/s1. The Morgan fingerprint density at radius 2 is 2.00 bits per heavy atom. The zero-order valence-electron chi connectivity index (χ0n) is 27.5. The molecule has 2 aromatic heterocycles. The molecule has 3 fully saturated rings. The Morgan fingerprint density at radius 3 is 2.82 bits per heavy atom. The van der Waals surface area contributed by atoms with Crippen molar-refractivity contribution < 1.29 is 18.3 Å². The lowest BCUT2D eigenvalue weighted by Gasteiger charge is -2.32. The van der Waals surface area contributed by atoms with E-state index in [1.165, 1.54) is 17.7 Å². The molecule has 50 heavy (non-hydrogen) atoms. The fraction of sp³-hybridized carbons (Fsp3) is 0.395. The summed E-state index contributed by atoms with van der Waals surface area (Å²) in [6.07, 6.45) is 4.75. The Balaban J connectivity index is 1.25. The van der Waals surface area contributed by atoms with Crippen LogP contribution in [0.1, 0.15) is 56.1 Å². The van der Waals surface area contributed by atoms with Crippen LogP contribution < -0.4 is 20.1 Å². The molecule has 2 unspecified atom stereocenters. The van der Waals surface area contributed by atoms with Crippen molar-refractivity contribution in [2.75, 3.05) is 43.5 Å². The Kier molecular flexibility index (Phi) is 7.57. The molecule has 0 spiro atoms. The molecule has 3 aromatic carbocycles.